The fourth-order valence-corrected chi connectivity index (χ4v) is 2.16. The number of nitrogens with one attached hydrogen (secondary N) is 1. The lowest BCUT2D eigenvalue weighted by atomic mass is 10.2. The first-order valence-electron chi connectivity index (χ1n) is 6.34. The molecule has 3 rings (SSSR count). The average molecular weight is 303 g/mol. The van der Waals surface area contributed by atoms with Gasteiger partial charge in [-0.1, -0.05) is 17.7 Å². The first-order chi connectivity index (χ1) is 10.2. The van der Waals surface area contributed by atoms with Gasteiger partial charge in [0, 0.05) is 30.8 Å². The van der Waals surface area contributed by atoms with E-state index < -0.39 is 0 Å². The van der Waals surface area contributed by atoms with E-state index in [-0.39, 0.29) is 5.82 Å². The molecule has 3 aromatic rings. The Balaban J connectivity index is 1.74. The zero-order valence-corrected chi connectivity index (χ0v) is 11.8. The minimum atomic E-state index is -0.292. The van der Waals surface area contributed by atoms with Crippen LogP contribution in [0.5, 0.6) is 0 Å². The number of halogens is 2. The van der Waals surface area contributed by atoms with E-state index in [4.69, 9.17) is 11.6 Å². The lowest BCUT2D eigenvalue weighted by Crippen LogP contribution is -2.02. The van der Waals surface area contributed by atoms with Crippen LogP contribution in [0.2, 0.25) is 5.15 Å². The minimum Gasteiger partial charge on any atom is -0.381 e. The van der Waals surface area contributed by atoms with Crippen molar-refractivity contribution in [3.05, 3.63) is 71.8 Å². The molecule has 106 valence electrons. The van der Waals surface area contributed by atoms with Gasteiger partial charge in [-0.05, 0) is 29.8 Å². The van der Waals surface area contributed by atoms with Crippen molar-refractivity contribution in [3.63, 3.8) is 0 Å². The van der Waals surface area contributed by atoms with Crippen LogP contribution in [0.1, 0.15) is 5.56 Å². The first kappa shape index (κ1) is 13.6. The van der Waals surface area contributed by atoms with E-state index in [0.717, 1.165) is 11.3 Å². The van der Waals surface area contributed by atoms with Crippen LogP contribution in [-0.4, -0.2) is 14.5 Å². The Hall–Kier alpha value is -2.40. The van der Waals surface area contributed by atoms with Crippen LogP contribution in [0.25, 0.3) is 5.69 Å². The Labute approximate surface area is 126 Å². The maximum Gasteiger partial charge on any atom is 0.147 e. The molecule has 6 heteroatoms. The molecule has 0 saturated carbocycles. The van der Waals surface area contributed by atoms with Gasteiger partial charge >= 0.3 is 0 Å². The molecule has 21 heavy (non-hydrogen) atoms. The van der Waals surface area contributed by atoms with Crippen LogP contribution < -0.4 is 5.32 Å². The van der Waals surface area contributed by atoms with Crippen molar-refractivity contribution in [1.29, 1.82) is 0 Å². The zero-order valence-electron chi connectivity index (χ0n) is 11.0. The van der Waals surface area contributed by atoms with Gasteiger partial charge in [-0.25, -0.2) is 14.4 Å². The molecule has 1 aromatic carbocycles. The monoisotopic (exact) mass is 302 g/mol. The Kier molecular flexibility index (Phi) is 3.83. The van der Waals surface area contributed by atoms with E-state index >= 15 is 0 Å². The molecule has 0 radical (unpaired) electrons. The van der Waals surface area contributed by atoms with Gasteiger partial charge in [0.2, 0.25) is 0 Å². The summed E-state index contributed by atoms with van der Waals surface area (Å²) in [6.07, 6.45) is 6.50. The third kappa shape index (κ3) is 3.20. The van der Waals surface area contributed by atoms with Gasteiger partial charge in [0.05, 0.1) is 12.0 Å². The number of aromatic nitrogens is 3. The van der Waals surface area contributed by atoms with E-state index in [2.05, 4.69) is 15.3 Å². The van der Waals surface area contributed by atoms with E-state index in [1.807, 2.05) is 12.1 Å². The zero-order chi connectivity index (χ0) is 14.7. The van der Waals surface area contributed by atoms with Crippen molar-refractivity contribution >= 4 is 17.3 Å². The SMILES string of the molecule is Fc1cc(CNc2ccnc(Cl)c2)ccc1-n1ccnc1. The molecule has 1 N–H and O–H groups in total. The van der Waals surface area contributed by atoms with Crippen molar-refractivity contribution in [1.82, 2.24) is 14.5 Å². The number of pyridine rings is 1. The summed E-state index contributed by atoms with van der Waals surface area (Å²) in [5.74, 6) is -0.292. The fourth-order valence-electron chi connectivity index (χ4n) is 1.99. The van der Waals surface area contributed by atoms with Gasteiger partial charge < -0.3 is 9.88 Å². The largest absolute Gasteiger partial charge is 0.381 e. The number of hydrogen-bond acceptors (Lipinski definition) is 3. The molecule has 0 amide bonds. The lowest BCUT2D eigenvalue weighted by molar-refractivity contribution is 0.616. The van der Waals surface area contributed by atoms with Crippen LogP contribution in [0.3, 0.4) is 0 Å². The van der Waals surface area contributed by atoms with Crippen LogP contribution >= 0.6 is 11.6 Å². The predicted molar refractivity (Wildman–Crippen MR) is 80.1 cm³/mol. The Morgan fingerprint density at radius 3 is 2.81 bits per heavy atom. The first-order valence-corrected chi connectivity index (χ1v) is 6.72. The molecule has 2 heterocycles. The lowest BCUT2D eigenvalue weighted by Gasteiger charge is -2.09. The van der Waals surface area contributed by atoms with Crippen molar-refractivity contribution in [2.45, 2.75) is 6.54 Å². The molecule has 0 fully saturated rings. The van der Waals surface area contributed by atoms with E-state index in [0.29, 0.717) is 17.4 Å². The number of hydrogen-bond donors (Lipinski definition) is 1. The van der Waals surface area contributed by atoms with Crippen molar-refractivity contribution in [2.75, 3.05) is 5.32 Å². The smallest absolute Gasteiger partial charge is 0.147 e. The van der Waals surface area contributed by atoms with Crippen LogP contribution in [0.15, 0.2) is 55.2 Å². The summed E-state index contributed by atoms with van der Waals surface area (Å²) in [6, 6.07) is 8.63. The second-order valence-electron chi connectivity index (χ2n) is 4.48. The molecule has 0 bridgehead atoms. The van der Waals surface area contributed by atoms with E-state index in [1.165, 1.54) is 6.07 Å². The molecule has 0 atom stereocenters. The molecule has 0 aliphatic rings. The average Bonchev–Trinajstić information content (AvgIpc) is 2.99. The van der Waals surface area contributed by atoms with Crippen LogP contribution in [0.4, 0.5) is 10.1 Å². The number of anilines is 1. The number of nitrogens with zero attached hydrogens (tertiary/aromatic N) is 3. The molecule has 2 aromatic heterocycles. The van der Waals surface area contributed by atoms with Gasteiger partial charge in [-0.2, -0.15) is 0 Å². The van der Waals surface area contributed by atoms with Crippen molar-refractivity contribution in [3.8, 4) is 5.69 Å². The maximum atomic E-state index is 14.1. The number of imidazole rings is 1. The van der Waals surface area contributed by atoms with Crippen molar-refractivity contribution < 1.29 is 4.39 Å². The summed E-state index contributed by atoms with van der Waals surface area (Å²) in [5.41, 5.74) is 2.15. The molecule has 0 saturated heterocycles. The molecule has 4 nitrogen and oxygen atoms in total. The molecular formula is C15H12ClFN4. The highest BCUT2D eigenvalue weighted by Gasteiger charge is 2.05. The second-order valence-corrected chi connectivity index (χ2v) is 4.86. The Bertz CT molecular complexity index is 743. The fraction of sp³-hybridized carbons (Fsp3) is 0.0667. The summed E-state index contributed by atoms with van der Waals surface area (Å²) in [5, 5.41) is 3.59. The highest BCUT2D eigenvalue weighted by molar-refractivity contribution is 6.29. The van der Waals surface area contributed by atoms with Crippen molar-refractivity contribution in [2.24, 2.45) is 0 Å². The third-order valence-corrected chi connectivity index (χ3v) is 3.22. The second kappa shape index (κ2) is 5.93. The Morgan fingerprint density at radius 1 is 1.19 bits per heavy atom. The van der Waals surface area contributed by atoms with E-state index in [9.17, 15) is 4.39 Å². The highest BCUT2D eigenvalue weighted by atomic mass is 35.5. The third-order valence-electron chi connectivity index (χ3n) is 3.02. The van der Waals surface area contributed by atoms with Gasteiger partial charge in [0.1, 0.15) is 11.0 Å². The van der Waals surface area contributed by atoms with Gasteiger partial charge in [0.15, 0.2) is 0 Å². The van der Waals surface area contributed by atoms with Gasteiger partial charge in [0.25, 0.3) is 0 Å². The molecule has 0 aliphatic carbocycles. The quantitative estimate of drug-likeness (QED) is 0.748. The summed E-state index contributed by atoms with van der Waals surface area (Å²) >= 11 is 5.81. The van der Waals surface area contributed by atoms with Gasteiger partial charge in [-0.15, -0.1) is 0 Å². The van der Waals surface area contributed by atoms with Gasteiger partial charge in [-0.3, -0.25) is 0 Å². The summed E-state index contributed by atoms with van der Waals surface area (Å²) < 4.78 is 15.7. The molecule has 0 aliphatic heterocycles. The number of benzene rings is 1. The topological polar surface area (TPSA) is 42.7 Å². The molecule has 0 unspecified atom stereocenters. The Morgan fingerprint density at radius 2 is 2.10 bits per heavy atom. The van der Waals surface area contributed by atoms with E-state index in [1.54, 1.807) is 41.6 Å². The normalized spacial score (nSPS) is 10.6. The summed E-state index contributed by atoms with van der Waals surface area (Å²) in [6.45, 7) is 0.501. The molecular weight excluding hydrogens is 291 g/mol. The standard InChI is InChI=1S/C15H12ClFN4/c16-15-8-12(3-4-19-15)20-9-11-1-2-14(13(17)7-11)21-6-5-18-10-21/h1-8,10H,9H2,(H,19,20). The number of rotatable bonds is 4. The summed E-state index contributed by atoms with van der Waals surface area (Å²) in [4.78, 5) is 7.82. The highest BCUT2D eigenvalue weighted by Crippen LogP contribution is 2.17. The molecule has 0 spiro atoms. The van der Waals surface area contributed by atoms with Crippen LogP contribution in [0, 0.1) is 5.82 Å². The summed E-state index contributed by atoms with van der Waals surface area (Å²) in [7, 11) is 0. The van der Waals surface area contributed by atoms with Crippen LogP contribution in [-0.2, 0) is 6.54 Å². The predicted octanol–water partition coefficient (Wildman–Crippen LogP) is 3.67. The maximum absolute atomic E-state index is 14.1. The minimum absolute atomic E-state index is 0.292.